The van der Waals surface area contributed by atoms with Crippen LogP contribution >= 0.6 is 0 Å². The van der Waals surface area contributed by atoms with Gasteiger partial charge < -0.3 is 11.1 Å². The summed E-state index contributed by atoms with van der Waals surface area (Å²) in [5.41, 5.74) is 7.47. The molecule has 0 aliphatic carbocycles. The van der Waals surface area contributed by atoms with Crippen molar-refractivity contribution in [2.24, 2.45) is 0 Å². The first kappa shape index (κ1) is 13.2. The van der Waals surface area contributed by atoms with Crippen LogP contribution in [-0.2, 0) is 10.0 Å². The second-order valence-electron chi connectivity index (χ2n) is 4.00. The van der Waals surface area contributed by atoms with E-state index in [1.165, 1.54) is 0 Å². The molecule has 5 nitrogen and oxygen atoms in total. The Morgan fingerprint density at radius 2 is 1.42 bits per heavy atom. The summed E-state index contributed by atoms with van der Waals surface area (Å²) in [7, 11) is -1.80. The summed E-state index contributed by atoms with van der Waals surface area (Å²) < 4.78 is 26.7. The summed E-state index contributed by atoms with van der Waals surface area (Å²) in [6.45, 7) is 0. The number of nitrogens with two attached hydrogens (primary N) is 1. The first-order chi connectivity index (χ1) is 9.01. The molecule has 0 radical (unpaired) electrons. The van der Waals surface area contributed by atoms with Crippen molar-refractivity contribution in [1.29, 1.82) is 0 Å². The van der Waals surface area contributed by atoms with Gasteiger partial charge in [-0.1, -0.05) is 0 Å². The van der Waals surface area contributed by atoms with Gasteiger partial charge in [0.15, 0.2) is 0 Å². The van der Waals surface area contributed by atoms with Crippen molar-refractivity contribution in [3.05, 3.63) is 48.5 Å². The molecule has 0 saturated heterocycles. The Labute approximate surface area is 112 Å². The maximum absolute atomic E-state index is 12.1. The zero-order chi connectivity index (χ0) is 13.9. The fourth-order valence-electron chi connectivity index (χ4n) is 1.57. The molecule has 0 atom stereocenters. The van der Waals surface area contributed by atoms with Crippen LogP contribution in [-0.4, -0.2) is 15.5 Å². The van der Waals surface area contributed by atoms with Crippen LogP contribution in [0.15, 0.2) is 53.4 Å². The number of anilines is 3. The van der Waals surface area contributed by atoms with Gasteiger partial charge in [0.25, 0.3) is 10.0 Å². The monoisotopic (exact) mass is 277 g/mol. The molecule has 0 unspecified atom stereocenters. The number of benzene rings is 2. The van der Waals surface area contributed by atoms with Gasteiger partial charge in [0, 0.05) is 24.1 Å². The molecule has 2 rings (SSSR count). The largest absolute Gasteiger partial charge is 0.399 e. The first-order valence-electron chi connectivity index (χ1n) is 5.67. The van der Waals surface area contributed by atoms with E-state index < -0.39 is 10.0 Å². The Morgan fingerprint density at radius 1 is 0.895 bits per heavy atom. The highest BCUT2D eigenvalue weighted by atomic mass is 32.2. The molecular formula is C13H15N3O2S. The zero-order valence-corrected chi connectivity index (χ0v) is 11.2. The molecule has 2 aromatic carbocycles. The molecule has 0 aliphatic heterocycles. The highest BCUT2D eigenvalue weighted by Gasteiger charge is 2.13. The average molecular weight is 277 g/mol. The fourth-order valence-corrected chi connectivity index (χ4v) is 2.62. The van der Waals surface area contributed by atoms with Gasteiger partial charge in [-0.2, -0.15) is 0 Å². The van der Waals surface area contributed by atoms with E-state index in [2.05, 4.69) is 10.0 Å². The van der Waals surface area contributed by atoms with Crippen molar-refractivity contribution in [3.63, 3.8) is 0 Å². The summed E-state index contributed by atoms with van der Waals surface area (Å²) in [6.07, 6.45) is 0. The standard InChI is InChI=1S/C13H15N3O2S/c1-15-11-6-8-13(9-7-11)19(17,18)16-12-4-2-10(14)3-5-12/h2-9,15-16H,14H2,1H3. The fraction of sp³-hybridized carbons (Fsp3) is 0.0769. The molecule has 0 bridgehead atoms. The number of nitrogens with one attached hydrogen (secondary N) is 2. The lowest BCUT2D eigenvalue weighted by atomic mass is 10.3. The third-order valence-corrected chi connectivity index (χ3v) is 4.01. The maximum atomic E-state index is 12.1. The molecule has 0 aromatic heterocycles. The van der Waals surface area contributed by atoms with Crippen LogP contribution in [0.2, 0.25) is 0 Å². The van der Waals surface area contributed by atoms with E-state index >= 15 is 0 Å². The topological polar surface area (TPSA) is 84.2 Å². The Balaban J connectivity index is 2.24. The van der Waals surface area contributed by atoms with E-state index in [0.717, 1.165) is 5.69 Å². The smallest absolute Gasteiger partial charge is 0.261 e. The minimum Gasteiger partial charge on any atom is -0.399 e. The van der Waals surface area contributed by atoms with E-state index in [-0.39, 0.29) is 4.90 Å². The quantitative estimate of drug-likeness (QED) is 0.747. The Bertz CT molecular complexity index is 649. The van der Waals surface area contributed by atoms with Gasteiger partial charge in [0.1, 0.15) is 0 Å². The molecule has 6 heteroatoms. The van der Waals surface area contributed by atoms with Crippen molar-refractivity contribution in [2.45, 2.75) is 4.90 Å². The van der Waals surface area contributed by atoms with E-state index in [9.17, 15) is 8.42 Å². The Hall–Kier alpha value is -2.21. The number of hydrogen-bond acceptors (Lipinski definition) is 4. The van der Waals surface area contributed by atoms with Gasteiger partial charge in [-0.3, -0.25) is 4.72 Å². The van der Waals surface area contributed by atoms with Crippen molar-refractivity contribution < 1.29 is 8.42 Å². The lowest BCUT2D eigenvalue weighted by Gasteiger charge is -2.09. The molecule has 4 N–H and O–H groups in total. The van der Waals surface area contributed by atoms with Gasteiger partial charge >= 0.3 is 0 Å². The second-order valence-corrected chi connectivity index (χ2v) is 5.68. The van der Waals surface area contributed by atoms with Crippen molar-refractivity contribution in [3.8, 4) is 0 Å². The van der Waals surface area contributed by atoms with Crippen LogP contribution in [0.1, 0.15) is 0 Å². The number of rotatable bonds is 4. The van der Waals surface area contributed by atoms with E-state index in [0.29, 0.717) is 11.4 Å². The van der Waals surface area contributed by atoms with Crippen molar-refractivity contribution in [1.82, 2.24) is 0 Å². The highest BCUT2D eigenvalue weighted by Crippen LogP contribution is 2.18. The minimum absolute atomic E-state index is 0.211. The molecule has 100 valence electrons. The van der Waals surface area contributed by atoms with Crippen LogP contribution in [0, 0.1) is 0 Å². The third kappa shape index (κ3) is 3.17. The molecule has 0 amide bonds. The predicted molar refractivity (Wildman–Crippen MR) is 77.7 cm³/mol. The van der Waals surface area contributed by atoms with Gasteiger partial charge in [-0.25, -0.2) is 8.42 Å². The Kier molecular flexibility index (Phi) is 3.62. The summed E-state index contributed by atoms with van der Waals surface area (Å²) in [6, 6.07) is 13.0. The van der Waals surface area contributed by atoms with Gasteiger partial charge in [-0.05, 0) is 48.5 Å². The summed E-state index contributed by atoms with van der Waals surface area (Å²) >= 11 is 0. The minimum atomic E-state index is -3.57. The number of nitrogen functional groups attached to an aromatic ring is 1. The molecule has 0 spiro atoms. The molecule has 0 heterocycles. The van der Waals surface area contributed by atoms with Gasteiger partial charge in [0.2, 0.25) is 0 Å². The van der Waals surface area contributed by atoms with E-state index in [1.54, 1.807) is 55.6 Å². The van der Waals surface area contributed by atoms with Crippen LogP contribution in [0.4, 0.5) is 17.1 Å². The number of sulfonamides is 1. The van der Waals surface area contributed by atoms with Crippen LogP contribution in [0.3, 0.4) is 0 Å². The van der Waals surface area contributed by atoms with Crippen LogP contribution in [0.5, 0.6) is 0 Å². The zero-order valence-electron chi connectivity index (χ0n) is 10.4. The second kappa shape index (κ2) is 5.19. The lowest BCUT2D eigenvalue weighted by Crippen LogP contribution is -2.12. The molecule has 0 fully saturated rings. The normalized spacial score (nSPS) is 11.0. The van der Waals surface area contributed by atoms with E-state index in [4.69, 9.17) is 5.73 Å². The first-order valence-corrected chi connectivity index (χ1v) is 7.16. The molecule has 19 heavy (non-hydrogen) atoms. The Morgan fingerprint density at radius 3 is 1.95 bits per heavy atom. The highest BCUT2D eigenvalue weighted by molar-refractivity contribution is 7.92. The summed E-state index contributed by atoms with van der Waals surface area (Å²) in [4.78, 5) is 0.211. The molecular weight excluding hydrogens is 262 g/mol. The summed E-state index contributed by atoms with van der Waals surface area (Å²) in [5.74, 6) is 0. The third-order valence-electron chi connectivity index (χ3n) is 2.62. The summed E-state index contributed by atoms with van der Waals surface area (Å²) in [5, 5.41) is 2.93. The number of hydrogen-bond donors (Lipinski definition) is 3. The average Bonchev–Trinajstić information content (AvgIpc) is 2.41. The van der Waals surface area contributed by atoms with Crippen molar-refractivity contribution >= 4 is 27.1 Å². The van der Waals surface area contributed by atoms with Gasteiger partial charge in [-0.15, -0.1) is 0 Å². The van der Waals surface area contributed by atoms with Crippen LogP contribution < -0.4 is 15.8 Å². The van der Waals surface area contributed by atoms with Crippen LogP contribution in [0.25, 0.3) is 0 Å². The molecule has 2 aromatic rings. The van der Waals surface area contributed by atoms with Crippen molar-refractivity contribution in [2.75, 3.05) is 22.8 Å². The molecule has 0 aliphatic rings. The SMILES string of the molecule is CNc1ccc(S(=O)(=O)Nc2ccc(N)cc2)cc1. The predicted octanol–water partition coefficient (Wildman–Crippen LogP) is 2.11. The molecule has 0 saturated carbocycles. The lowest BCUT2D eigenvalue weighted by molar-refractivity contribution is 0.601. The maximum Gasteiger partial charge on any atom is 0.261 e. The van der Waals surface area contributed by atoms with Gasteiger partial charge in [0.05, 0.1) is 4.90 Å². The van der Waals surface area contributed by atoms with E-state index in [1.807, 2.05) is 0 Å².